The van der Waals surface area contributed by atoms with Gasteiger partial charge in [0.05, 0.1) is 0 Å². The summed E-state index contributed by atoms with van der Waals surface area (Å²) in [5.74, 6) is -0.517. The molecule has 1 saturated heterocycles. The van der Waals surface area contributed by atoms with Gasteiger partial charge in [0.1, 0.15) is 5.82 Å². The first kappa shape index (κ1) is 17.9. The Kier molecular flexibility index (Phi) is 6.75. The van der Waals surface area contributed by atoms with E-state index in [4.69, 9.17) is 0 Å². The molecule has 2 N–H and O–H groups in total. The van der Waals surface area contributed by atoms with Crippen molar-refractivity contribution in [1.82, 2.24) is 5.32 Å². The number of benzene rings is 2. The molecule has 1 aliphatic rings. The van der Waals surface area contributed by atoms with Gasteiger partial charge >= 0.3 is 0 Å². The van der Waals surface area contributed by atoms with Crippen LogP contribution in [0.15, 0.2) is 48.5 Å². The Morgan fingerprint density at radius 3 is 2.17 bits per heavy atom. The number of nitrogens with zero attached hydrogens (tertiary/aromatic N) is 1. The van der Waals surface area contributed by atoms with E-state index >= 15 is 0 Å². The van der Waals surface area contributed by atoms with Crippen LogP contribution in [0, 0.1) is 5.82 Å². The molecular formula is C19H24FN3O. The Labute approximate surface area is 142 Å². The molecule has 1 fully saturated rings. The number of carbonyl (C=O) groups is 1. The molecule has 2 aromatic carbocycles. The molecule has 0 atom stereocenters. The van der Waals surface area contributed by atoms with E-state index in [2.05, 4.69) is 15.5 Å². The number of hydrogen-bond acceptors (Lipinski definition) is 3. The first-order valence-electron chi connectivity index (χ1n) is 8.35. The van der Waals surface area contributed by atoms with Crippen molar-refractivity contribution < 1.29 is 9.18 Å². The van der Waals surface area contributed by atoms with Gasteiger partial charge in [-0.25, -0.2) is 4.39 Å². The minimum Gasteiger partial charge on any atom is -0.369 e. The predicted molar refractivity (Wildman–Crippen MR) is 97.2 cm³/mol. The van der Waals surface area contributed by atoms with Crippen molar-refractivity contribution in [3.05, 3.63) is 59.9 Å². The van der Waals surface area contributed by atoms with Crippen molar-refractivity contribution in [2.24, 2.45) is 0 Å². The van der Waals surface area contributed by atoms with E-state index in [1.807, 2.05) is 38.1 Å². The van der Waals surface area contributed by atoms with Crippen LogP contribution in [0.3, 0.4) is 0 Å². The number of piperazine rings is 1. The molecular weight excluding hydrogens is 305 g/mol. The smallest absolute Gasteiger partial charge is 0.255 e. The summed E-state index contributed by atoms with van der Waals surface area (Å²) in [5.41, 5.74) is 2.29. The lowest BCUT2D eigenvalue weighted by Crippen LogP contribution is -2.43. The topological polar surface area (TPSA) is 44.4 Å². The molecule has 4 nitrogen and oxygen atoms in total. The van der Waals surface area contributed by atoms with Gasteiger partial charge in [-0.1, -0.05) is 13.8 Å². The first-order valence-corrected chi connectivity index (χ1v) is 8.35. The Balaban J connectivity index is 0.00000100. The molecule has 5 heteroatoms. The van der Waals surface area contributed by atoms with E-state index in [1.54, 1.807) is 12.1 Å². The fourth-order valence-corrected chi connectivity index (χ4v) is 2.48. The summed E-state index contributed by atoms with van der Waals surface area (Å²) in [5, 5.41) is 6.07. The maximum atomic E-state index is 12.8. The Bertz CT molecular complexity index is 635. The molecule has 3 rings (SSSR count). The second-order valence-electron chi connectivity index (χ2n) is 5.24. The highest BCUT2D eigenvalue weighted by atomic mass is 19.1. The lowest BCUT2D eigenvalue weighted by atomic mass is 10.1. The molecule has 0 aliphatic carbocycles. The summed E-state index contributed by atoms with van der Waals surface area (Å²) >= 11 is 0. The minimum absolute atomic E-state index is 0.196. The van der Waals surface area contributed by atoms with Gasteiger partial charge in [-0.15, -0.1) is 0 Å². The van der Waals surface area contributed by atoms with Crippen LogP contribution in [0.1, 0.15) is 24.2 Å². The van der Waals surface area contributed by atoms with Gasteiger partial charge in [0, 0.05) is 43.1 Å². The number of carbonyl (C=O) groups excluding carboxylic acids is 1. The van der Waals surface area contributed by atoms with Crippen LogP contribution in [0.2, 0.25) is 0 Å². The van der Waals surface area contributed by atoms with E-state index < -0.39 is 0 Å². The number of rotatable bonds is 3. The minimum atomic E-state index is -0.321. The van der Waals surface area contributed by atoms with Crippen LogP contribution in [-0.2, 0) is 0 Å². The molecule has 2 aromatic rings. The van der Waals surface area contributed by atoms with Crippen molar-refractivity contribution in [2.45, 2.75) is 13.8 Å². The van der Waals surface area contributed by atoms with E-state index in [9.17, 15) is 9.18 Å². The zero-order valence-electron chi connectivity index (χ0n) is 14.2. The summed E-state index contributed by atoms with van der Waals surface area (Å²) < 4.78 is 12.8. The summed E-state index contributed by atoms with van der Waals surface area (Å²) in [6.45, 7) is 7.90. The molecule has 0 spiro atoms. The van der Waals surface area contributed by atoms with Gasteiger partial charge in [-0.2, -0.15) is 0 Å². The average Bonchev–Trinajstić information content (AvgIpc) is 2.66. The highest BCUT2D eigenvalue weighted by Gasteiger charge is 2.11. The normalized spacial score (nSPS) is 13.7. The van der Waals surface area contributed by atoms with Crippen LogP contribution in [-0.4, -0.2) is 32.1 Å². The SMILES string of the molecule is CC.O=C(Nc1ccc(F)cc1)c1ccc(N2CCNCC2)cc1. The molecule has 0 unspecified atom stereocenters. The summed E-state index contributed by atoms with van der Waals surface area (Å²) in [4.78, 5) is 14.4. The van der Waals surface area contributed by atoms with Crippen LogP contribution in [0.5, 0.6) is 0 Å². The third-order valence-corrected chi connectivity index (χ3v) is 3.71. The van der Waals surface area contributed by atoms with Crippen molar-refractivity contribution in [3.63, 3.8) is 0 Å². The molecule has 0 saturated carbocycles. The molecule has 0 radical (unpaired) electrons. The zero-order valence-corrected chi connectivity index (χ0v) is 14.2. The standard InChI is InChI=1S/C17H18FN3O.C2H6/c18-14-3-5-15(6-4-14)20-17(22)13-1-7-16(8-2-13)21-11-9-19-10-12-21;1-2/h1-8,19H,9-12H2,(H,20,22);1-2H3. The number of anilines is 2. The number of amides is 1. The van der Waals surface area contributed by atoms with Gasteiger partial charge in [-0.05, 0) is 48.5 Å². The fraction of sp³-hybridized carbons (Fsp3) is 0.316. The largest absolute Gasteiger partial charge is 0.369 e. The lowest BCUT2D eigenvalue weighted by Gasteiger charge is -2.29. The molecule has 0 bridgehead atoms. The Hall–Kier alpha value is -2.40. The molecule has 24 heavy (non-hydrogen) atoms. The van der Waals surface area contributed by atoms with Gasteiger partial charge in [0.25, 0.3) is 5.91 Å². The fourth-order valence-electron chi connectivity index (χ4n) is 2.48. The van der Waals surface area contributed by atoms with E-state index in [0.717, 1.165) is 31.9 Å². The average molecular weight is 329 g/mol. The van der Waals surface area contributed by atoms with Crippen LogP contribution in [0.4, 0.5) is 15.8 Å². The number of hydrogen-bond donors (Lipinski definition) is 2. The highest BCUT2D eigenvalue weighted by molar-refractivity contribution is 6.04. The second-order valence-corrected chi connectivity index (χ2v) is 5.24. The third kappa shape index (κ3) is 4.80. The molecule has 0 aromatic heterocycles. The highest BCUT2D eigenvalue weighted by Crippen LogP contribution is 2.17. The van der Waals surface area contributed by atoms with E-state index in [0.29, 0.717) is 11.3 Å². The van der Waals surface area contributed by atoms with Crippen LogP contribution < -0.4 is 15.5 Å². The second kappa shape index (κ2) is 9.03. The van der Waals surface area contributed by atoms with Gasteiger partial charge < -0.3 is 15.5 Å². The summed E-state index contributed by atoms with van der Waals surface area (Å²) in [6, 6.07) is 13.3. The van der Waals surface area contributed by atoms with Gasteiger partial charge in [0.15, 0.2) is 0 Å². The van der Waals surface area contributed by atoms with Crippen LogP contribution in [0.25, 0.3) is 0 Å². The van der Waals surface area contributed by atoms with Crippen molar-refractivity contribution in [2.75, 3.05) is 36.4 Å². The number of halogens is 1. The molecule has 128 valence electrons. The van der Waals surface area contributed by atoms with Crippen LogP contribution >= 0.6 is 0 Å². The van der Waals surface area contributed by atoms with Gasteiger partial charge in [0.2, 0.25) is 0 Å². The van der Waals surface area contributed by atoms with E-state index in [-0.39, 0.29) is 11.7 Å². The maximum absolute atomic E-state index is 12.8. The zero-order chi connectivity index (χ0) is 17.4. The van der Waals surface area contributed by atoms with Crippen molar-refractivity contribution in [3.8, 4) is 0 Å². The summed E-state index contributed by atoms with van der Waals surface area (Å²) in [7, 11) is 0. The third-order valence-electron chi connectivity index (χ3n) is 3.71. The van der Waals surface area contributed by atoms with Crippen molar-refractivity contribution >= 4 is 17.3 Å². The Morgan fingerprint density at radius 2 is 1.58 bits per heavy atom. The maximum Gasteiger partial charge on any atom is 0.255 e. The van der Waals surface area contributed by atoms with Gasteiger partial charge in [-0.3, -0.25) is 4.79 Å². The predicted octanol–water partition coefficient (Wildman–Crippen LogP) is 3.51. The molecule has 1 aliphatic heterocycles. The Morgan fingerprint density at radius 1 is 1.00 bits per heavy atom. The van der Waals surface area contributed by atoms with E-state index in [1.165, 1.54) is 12.1 Å². The monoisotopic (exact) mass is 329 g/mol. The summed E-state index contributed by atoms with van der Waals surface area (Å²) in [6.07, 6.45) is 0. The van der Waals surface area contributed by atoms with Crippen molar-refractivity contribution in [1.29, 1.82) is 0 Å². The number of nitrogens with one attached hydrogen (secondary N) is 2. The first-order chi connectivity index (χ1) is 11.7. The molecule has 1 heterocycles. The molecule has 1 amide bonds. The lowest BCUT2D eigenvalue weighted by molar-refractivity contribution is 0.102. The quantitative estimate of drug-likeness (QED) is 0.906.